The highest BCUT2D eigenvalue weighted by Crippen LogP contribution is 2.01. The number of halogens is 1. The molecule has 1 rings (SSSR count). The van der Waals surface area contributed by atoms with Crippen molar-refractivity contribution in [3.63, 3.8) is 0 Å². The van der Waals surface area contributed by atoms with Crippen molar-refractivity contribution in [2.24, 2.45) is 0 Å². The van der Waals surface area contributed by atoms with Crippen LogP contribution in [0.4, 0.5) is 9.18 Å². The molecule has 0 aromatic heterocycles. The Morgan fingerprint density at radius 3 is 2.29 bits per heavy atom. The van der Waals surface area contributed by atoms with Crippen LogP contribution in [-0.4, -0.2) is 32.1 Å². The molecule has 0 radical (unpaired) electrons. The molecular weight excluding hydrogens is 225 g/mol. The monoisotopic (exact) mass is 239 g/mol. The molecule has 3 N–H and O–H groups in total. The van der Waals surface area contributed by atoms with Crippen molar-refractivity contribution in [1.82, 2.24) is 16.0 Å². The Labute approximate surface area is 98.4 Å². The zero-order valence-corrected chi connectivity index (χ0v) is 9.42. The van der Waals surface area contributed by atoms with Gasteiger partial charge in [0.25, 0.3) is 5.91 Å². The fourth-order valence-electron chi connectivity index (χ4n) is 1.14. The average molecular weight is 239 g/mol. The summed E-state index contributed by atoms with van der Waals surface area (Å²) in [6, 6.07) is 4.93. The van der Waals surface area contributed by atoms with E-state index >= 15 is 0 Å². The molecule has 1 aromatic carbocycles. The fraction of sp³-hybridized carbons (Fsp3) is 0.273. The first kappa shape index (κ1) is 13.0. The lowest BCUT2D eigenvalue weighted by atomic mass is 10.2. The van der Waals surface area contributed by atoms with Crippen LogP contribution in [0, 0.1) is 5.82 Å². The van der Waals surface area contributed by atoms with Crippen molar-refractivity contribution in [3.05, 3.63) is 35.6 Å². The van der Waals surface area contributed by atoms with Crippen LogP contribution in [0.1, 0.15) is 10.4 Å². The van der Waals surface area contributed by atoms with E-state index < -0.39 is 0 Å². The molecule has 0 aliphatic heterocycles. The van der Waals surface area contributed by atoms with Gasteiger partial charge in [-0.25, -0.2) is 9.18 Å². The van der Waals surface area contributed by atoms with Gasteiger partial charge in [-0.2, -0.15) is 0 Å². The molecule has 0 aliphatic rings. The molecule has 17 heavy (non-hydrogen) atoms. The summed E-state index contributed by atoms with van der Waals surface area (Å²) in [7, 11) is 1.51. The normalized spacial score (nSPS) is 9.53. The number of rotatable bonds is 4. The number of carbonyl (C=O) groups excluding carboxylic acids is 2. The molecule has 0 spiro atoms. The summed E-state index contributed by atoms with van der Waals surface area (Å²) >= 11 is 0. The van der Waals surface area contributed by atoms with Crippen molar-refractivity contribution in [3.8, 4) is 0 Å². The van der Waals surface area contributed by atoms with E-state index in [4.69, 9.17) is 0 Å². The van der Waals surface area contributed by atoms with Gasteiger partial charge < -0.3 is 16.0 Å². The largest absolute Gasteiger partial charge is 0.350 e. The summed E-state index contributed by atoms with van der Waals surface area (Å²) in [5, 5.41) is 7.50. The second kappa shape index (κ2) is 6.47. The molecule has 0 bridgehead atoms. The Bertz CT molecular complexity index is 392. The third-order valence-corrected chi connectivity index (χ3v) is 2.03. The standard InChI is InChI=1S/C11H14FN3O2/c1-13-11(17)15-7-6-14-10(16)8-2-4-9(12)5-3-8/h2-5H,6-7H2,1H3,(H,14,16)(H2,13,15,17). The predicted octanol–water partition coefficient (Wildman–Crippen LogP) is 0.484. The van der Waals surface area contributed by atoms with Crippen LogP contribution in [0.25, 0.3) is 0 Å². The number of nitrogens with one attached hydrogen (secondary N) is 3. The number of amides is 3. The van der Waals surface area contributed by atoms with E-state index in [0.29, 0.717) is 18.7 Å². The van der Waals surface area contributed by atoms with Gasteiger partial charge >= 0.3 is 6.03 Å². The van der Waals surface area contributed by atoms with Crippen LogP contribution < -0.4 is 16.0 Å². The van der Waals surface area contributed by atoms with Gasteiger partial charge in [0, 0.05) is 25.7 Å². The average Bonchev–Trinajstić information content (AvgIpc) is 2.34. The lowest BCUT2D eigenvalue weighted by molar-refractivity contribution is 0.0954. The zero-order valence-electron chi connectivity index (χ0n) is 9.42. The highest BCUT2D eigenvalue weighted by atomic mass is 19.1. The maximum absolute atomic E-state index is 12.6. The lowest BCUT2D eigenvalue weighted by Gasteiger charge is -2.06. The molecule has 92 valence electrons. The molecular formula is C11H14FN3O2. The first-order valence-corrected chi connectivity index (χ1v) is 5.13. The molecule has 0 aliphatic carbocycles. The molecule has 3 amide bonds. The molecule has 0 fully saturated rings. The molecule has 0 unspecified atom stereocenters. The predicted molar refractivity (Wildman–Crippen MR) is 61.2 cm³/mol. The molecule has 0 atom stereocenters. The van der Waals surface area contributed by atoms with E-state index in [1.165, 1.54) is 31.3 Å². The molecule has 0 heterocycles. The van der Waals surface area contributed by atoms with Crippen molar-refractivity contribution < 1.29 is 14.0 Å². The molecule has 1 aromatic rings. The fourth-order valence-corrected chi connectivity index (χ4v) is 1.14. The number of hydrogen-bond acceptors (Lipinski definition) is 2. The van der Waals surface area contributed by atoms with Gasteiger partial charge in [-0.15, -0.1) is 0 Å². The van der Waals surface area contributed by atoms with Gasteiger partial charge in [-0.05, 0) is 24.3 Å². The molecule has 0 saturated heterocycles. The van der Waals surface area contributed by atoms with Gasteiger partial charge in [0.2, 0.25) is 0 Å². The maximum atomic E-state index is 12.6. The van der Waals surface area contributed by atoms with Crippen molar-refractivity contribution >= 4 is 11.9 Å². The van der Waals surface area contributed by atoms with Crippen molar-refractivity contribution in [2.45, 2.75) is 0 Å². The third-order valence-electron chi connectivity index (χ3n) is 2.03. The second-order valence-electron chi connectivity index (χ2n) is 3.27. The summed E-state index contributed by atoms with van der Waals surface area (Å²) < 4.78 is 12.6. The summed E-state index contributed by atoms with van der Waals surface area (Å²) in [6.45, 7) is 0.635. The van der Waals surface area contributed by atoms with Gasteiger partial charge in [-0.3, -0.25) is 4.79 Å². The minimum Gasteiger partial charge on any atom is -0.350 e. The van der Waals surface area contributed by atoms with E-state index in [1.807, 2.05) is 0 Å². The first-order valence-electron chi connectivity index (χ1n) is 5.13. The highest BCUT2D eigenvalue weighted by molar-refractivity contribution is 5.94. The van der Waals surface area contributed by atoms with Crippen molar-refractivity contribution in [2.75, 3.05) is 20.1 Å². The number of carbonyl (C=O) groups is 2. The number of hydrogen-bond donors (Lipinski definition) is 3. The van der Waals surface area contributed by atoms with Crippen LogP contribution in [0.2, 0.25) is 0 Å². The third kappa shape index (κ3) is 4.50. The van der Waals surface area contributed by atoms with E-state index in [9.17, 15) is 14.0 Å². The Kier molecular flexibility index (Phi) is 4.93. The maximum Gasteiger partial charge on any atom is 0.314 e. The summed E-state index contributed by atoms with van der Waals surface area (Å²) in [4.78, 5) is 22.3. The Morgan fingerprint density at radius 2 is 1.71 bits per heavy atom. The smallest absolute Gasteiger partial charge is 0.314 e. The Morgan fingerprint density at radius 1 is 1.12 bits per heavy atom. The van der Waals surface area contributed by atoms with Gasteiger partial charge in [0.1, 0.15) is 5.82 Å². The Balaban J connectivity index is 2.30. The number of urea groups is 1. The summed E-state index contributed by atoms with van der Waals surface area (Å²) in [6.07, 6.45) is 0. The highest BCUT2D eigenvalue weighted by Gasteiger charge is 2.04. The van der Waals surface area contributed by atoms with Crippen LogP contribution in [0.5, 0.6) is 0 Å². The van der Waals surface area contributed by atoms with Crippen LogP contribution in [0.15, 0.2) is 24.3 Å². The van der Waals surface area contributed by atoms with Crippen LogP contribution in [-0.2, 0) is 0 Å². The van der Waals surface area contributed by atoms with Crippen molar-refractivity contribution in [1.29, 1.82) is 0 Å². The summed E-state index contributed by atoms with van der Waals surface area (Å²) in [5.41, 5.74) is 0.381. The molecule has 6 heteroatoms. The molecule has 5 nitrogen and oxygen atoms in total. The summed E-state index contributed by atoms with van der Waals surface area (Å²) in [5.74, 6) is -0.688. The molecule has 0 saturated carbocycles. The minimum atomic E-state index is -0.386. The SMILES string of the molecule is CNC(=O)NCCNC(=O)c1ccc(F)cc1. The van der Waals surface area contributed by atoms with Gasteiger partial charge in [-0.1, -0.05) is 0 Å². The van der Waals surface area contributed by atoms with Crippen LogP contribution in [0.3, 0.4) is 0 Å². The van der Waals surface area contributed by atoms with E-state index in [-0.39, 0.29) is 17.8 Å². The van der Waals surface area contributed by atoms with Gasteiger partial charge in [0.15, 0.2) is 0 Å². The lowest BCUT2D eigenvalue weighted by Crippen LogP contribution is -2.38. The number of benzene rings is 1. The quantitative estimate of drug-likeness (QED) is 0.669. The minimum absolute atomic E-state index is 0.302. The zero-order chi connectivity index (χ0) is 12.7. The first-order chi connectivity index (χ1) is 8.13. The van der Waals surface area contributed by atoms with Gasteiger partial charge in [0.05, 0.1) is 0 Å². The van der Waals surface area contributed by atoms with E-state index in [0.717, 1.165) is 0 Å². The van der Waals surface area contributed by atoms with E-state index in [1.54, 1.807) is 0 Å². The topological polar surface area (TPSA) is 70.2 Å². The van der Waals surface area contributed by atoms with Crippen LogP contribution >= 0.6 is 0 Å². The van der Waals surface area contributed by atoms with E-state index in [2.05, 4.69) is 16.0 Å². The second-order valence-corrected chi connectivity index (χ2v) is 3.27. The Hall–Kier alpha value is -2.11.